The maximum Gasteiger partial charge on any atom is 0.303 e. The predicted octanol–water partition coefficient (Wildman–Crippen LogP) is 0.844. The molecule has 1 aliphatic rings. The molecule has 7 nitrogen and oxygen atoms in total. The number of hydrogen-bond donors (Lipinski definition) is 1. The highest BCUT2D eigenvalue weighted by Crippen LogP contribution is 2.33. The van der Waals surface area contributed by atoms with Crippen LogP contribution in [0.25, 0.3) is 0 Å². The van der Waals surface area contributed by atoms with Crippen molar-refractivity contribution in [3.63, 3.8) is 0 Å². The van der Waals surface area contributed by atoms with Crippen LogP contribution in [0.3, 0.4) is 0 Å². The summed E-state index contributed by atoms with van der Waals surface area (Å²) < 4.78 is 21.9. The molecule has 0 aromatic heterocycles. The third kappa shape index (κ3) is 5.55. The first-order chi connectivity index (χ1) is 10.4. The van der Waals surface area contributed by atoms with Crippen molar-refractivity contribution in [2.75, 3.05) is 19.8 Å². The molecule has 1 aliphatic heterocycles. The van der Waals surface area contributed by atoms with Crippen LogP contribution in [0, 0.1) is 11.8 Å². The zero-order valence-corrected chi connectivity index (χ0v) is 13.7. The van der Waals surface area contributed by atoms with Gasteiger partial charge in [-0.15, -0.1) is 0 Å². The second-order valence-corrected chi connectivity index (χ2v) is 5.65. The van der Waals surface area contributed by atoms with E-state index in [0.717, 1.165) is 0 Å². The zero-order chi connectivity index (χ0) is 16.7. The monoisotopic (exact) mass is 317 g/mol. The van der Waals surface area contributed by atoms with Gasteiger partial charge < -0.3 is 24.7 Å². The minimum absolute atomic E-state index is 0.0149. The Bertz CT molecular complexity index is 373. The lowest BCUT2D eigenvalue weighted by molar-refractivity contribution is -0.280. The fraction of sp³-hybridized carbons (Fsp3) is 0.867. The Labute approximate surface area is 131 Å². The van der Waals surface area contributed by atoms with E-state index >= 15 is 0 Å². The highest BCUT2D eigenvalue weighted by molar-refractivity contribution is 5.66. The van der Waals surface area contributed by atoms with Gasteiger partial charge in [0.25, 0.3) is 0 Å². The molecule has 0 radical (unpaired) electrons. The summed E-state index contributed by atoms with van der Waals surface area (Å²) in [4.78, 5) is 22.3. The van der Waals surface area contributed by atoms with Crippen molar-refractivity contribution in [1.82, 2.24) is 0 Å². The summed E-state index contributed by atoms with van der Waals surface area (Å²) in [6.07, 6.45) is -0.778. The number of carbonyl (C=O) groups is 2. The van der Waals surface area contributed by atoms with Crippen molar-refractivity contribution in [2.24, 2.45) is 17.6 Å². The van der Waals surface area contributed by atoms with Crippen LogP contribution >= 0.6 is 0 Å². The van der Waals surface area contributed by atoms with E-state index in [1.54, 1.807) is 0 Å². The summed E-state index contributed by atoms with van der Waals surface area (Å²) in [5.74, 6) is -0.663. The molecular formula is C15H27NO6. The molecule has 1 saturated heterocycles. The van der Waals surface area contributed by atoms with Crippen molar-refractivity contribution in [3.05, 3.63) is 0 Å². The Balaban J connectivity index is 2.75. The number of nitrogens with two attached hydrogens (primary N) is 1. The maximum absolute atomic E-state index is 11.3. The van der Waals surface area contributed by atoms with Gasteiger partial charge in [0.15, 0.2) is 12.4 Å². The van der Waals surface area contributed by atoms with Crippen LogP contribution in [0.15, 0.2) is 0 Å². The van der Waals surface area contributed by atoms with Gasteiger partial charge in [-0.1, -0.05) is 13.8 Å². The van der Waals surface area contributed by atoms with Crippen LogP contribution < -0.4 is 5.73 Å². The molecule has 1 rings (SSSR count). The van der Waals surface area contributed by atoms with E-state index < -0.39 is 12.4 Å². The molecule has 2 unspecified atom stereocenters. The van der Waals surface area contributed by atoms with Crippen molar-refractivity contribution in [1.29, 1.82) is 0 Å². The van der Waals surface area contributed by atoms with E-state index in [2.05, 4.69) is 0 Å². The van der Waals surface area contributed by atoms with Crippen molar-refractivity contribution in [3.8, 4) is 0 Å². The summed E-state index contributed by atoms with van der Waals surface area (Å²) in [6, 6.07) is 0. The molecule has 2 N–H and O–H groups in total. The van der Waals surface area contributed by atoms with Crippen molar-refractivity contribution >= 4 is 11.9 Å². The van der Waals surface area contributed by atoms with E-state index in [0.29, 0.717) is 19.6 Å². The van der Waals surface area contributed by atoms with Crippen LogP contribution in [-0.2, 0) is 28.5 Å². The number of esters is 2. The minimum atomic E-state index is -0.679. The van der Waals surface area contributed by atoms with Gasteiger partial charge >= 0.3 is 11.9 Å². The van der Waals surface area contributed by atoms with E-state index in [9.17, 15) is 9.59 Å². The lowest BCUT2D eigenvalue weighted by Crippen LogP contribution is -2.53. The SMILES string of the molecule is CC(=O)OCC1O[C@@H](OCCCN)C(OC(C)=O)[C@@H](C)[C@H]1C. The fourth-order valence-electron chi connectivity index (χ4n) is 2.42. The van der Waals surface area contributed by atoms with Crippen LogP contribution in [0.4, 0.5) is 0 Å². The summed E-state index contributed by atoms with van der Waals surface area (Å²) >= 11 is 0. The first-order valence-corrected chi connectivity index (χ1v) is 7.64. The summed E-state index contributed by atoms with van der Waals surface area (Å²) in [7, 11) is 0. The van der Waals surface area contributed by atoms with Gasteiger partial charge in [-0.25, -0.2) is 0 Å². The van der Waals surface area contributed by atoms with Crippen LogP contribution in [0.5, 0.6) is 0 Å². The lowest BCUT2D eigenvalue weighted by atomic mass is 9.83. The van der Waals surface area contributed by atoms with Gasteiger partial charge in [-0.05, 0) is 18.9 Å². The molecule has 22 heavy (non-hydrogen) atoms. The minimum Gasteiger partial charge on any atom is -0.463 e. The van der Waals surface area contributed by atoms with E-state index in [1.165, 1.54) is 13.8 Å². The summed E-state index contributed by atoms with van der Waals surface area (Å²) in [5.41, 5.74) is 5.45. The van der Waals surface area contributed by atoms with E-state index in [4.69, 9.17) is 24.7 Å². The van der Waals surface area contributed by atoms with Gasteiger partial charge in [0.1, 0.15) is 6.61 Å². The maximum atomic E-state index is 11.3. The Morgan fingerprint density at radius 2 is 1.82 bits per heavy atom. The smallest absolute Gasteiger partial charge is 0.303 e. The van der Waals surface area contributed by atoms with Gasteiger partial charge in [-0.3, -0.25) is 9.59 Å². The van der Waals surface area contributed by atoms with Crippen molar-refractivity contribution < 1.29 is 28.5 Å². The Kier molecular flexibility index (Phi) is 7.78. The highest BCUT2D eigenvalue weighted by Gasteiger charge is 2.44. The largest absolute Gasteiger partial charge is 0.463 e. The third-order valence-electron chi connectivity index (χ3n) is 3.89. The first-order valence-electron chi connectivity index (χ1n) is 7.64. The average molecular weight is 317 g/mol. The van der Waals surface area contributed by atoms with Gasteiger partial charge in [0.2, 0.25) is 0 Å². The molecule has 5 atom stereocenters. The molecule has 0 aromatic rings. The third-order valence-corrected chi connectivity index (χ3v) is 3.89. The predicted molar refractivity (Wildman–Crippen MR) is 78.8 cm³/mol. The molecule has 0 saturated carbocycles. The van der Waals surface area contributed by atoms with Gasteiger partial charge in [0.05, 0.1) is 12.7 Å². The molecule has 0 spiro atoms. The number of hydrogen-bond acceptors (Lipinski definition) is 7. The molecule has 1 fully saturated rings. The lowest BCUT2D eigenvalue weighted by Gasteiger charge is -2.43. The van der Waals surface area contributed by atoms with Crippen molar-refractivity contribution in [2.45, 2.75) is 52.6 Å². The molecular weight excluding hydrogens is 290 g/mol. The van der Waals surface area contributed by atoms with Crippen LogP contribution in [-0.4, -0.2) is 50.2 Å². The molecule has 128 valence electrons. The number of carbonyl (C=O) groups excluding carboxylic acids is 2. The van der Waals surface area contributed by atoms with Crippen LogP contribution in [0.1, 0.15) is 34.1 Å². The molecule has 0 aliphatic carbocycles. The Morgan fingerprint density at radius 1 is 1.14 bits per heavy atom. The summed E-state index contributed by atoms with van der Waals surface area (Å²) in [5, 5.41) is 0. The quantitative estimate of drug-likeness (QED) is 0.549. The van der Waals surface area contributed by atoms with E-state index in [-0.39, 0.29) is 36.5 Å². The Morgan fingerprint density at radius 3 is 2.36 bits per heavy atom. The van der Waals surface area contributed by atoms with E-state index in [1.807, 2.05) is 13.8 Å². The normalized spacial score (nSPS) is 31.6. The Hall–Kier alpha value is -1.18. The van der Waals surface area contributed by atoms with Gasteiger partial charge in [0, 0.05) is 19.8 Å². The van der Waals surface area contributed by atoms with Crippen LogP contribution in [0.2, 0.25) is 0 Å². The number of ether oxygens (including phenoxy) is 4. The molecule has 0 bridgehead atoms. The average Bonchev–Trinajstić information content (AvgIpc) is 2.44. The molecule has 1 heterocycles. The topological polar surface area (TPSA) is 97.1 Å². The summed E-state index contributed by atoms with van der Waals surface area (Å²) in [6.45, 7) is 7.75. The highest BCUT2D eigenvalue weighted by atomic mass is 16.7. The second-order valence-electron chi connectivity index (χ2n) is 5.65. The molecule has 0 amide bonds. The van der Waals surface area contributed by atoms with Gasteiger partial charge in [-0.2, -0.15) is 0 Å². The molecule has 0 aromatic carbocycles. The molecule has 7 heteroatoms. The second kappa shape index (κ2) is 9.07. The standard InChI is InChI=1S/C15H27NO6/c1-9-10(2)14(21-12(4)18)15(19-7-5-6-16)22-13(9)8-20-11(3)17/h9-10,13-15H,5-8,16H2,1-4H3/t9-,10+,13?,14?,15-/m1/s1. The zero-order valence-electron chi connectivity index (χ0n) is 13.7. The fourth-order valence-corrected chi connectivity index (χ4v) is 2.42. The number of rotatable bonds is 7. The first kappa shape index (κ1) is 18.9.